The van der Waals surface area contributed by atoms with Crippen LogP contribution in [0.25, 0.3) is 0 Å². The van der Waals surface area contributed by atoms with Crippen LogP contribution in [0.1, 0.15) is 24.8 Å². The zero-order valence-electron chi connectivity index (χ0n) is 17.0. The molecule has 10 heteroatoms. The van der Waals surface area contributed by atoms with E-state index in [1.54, 1.807) is 12.1 Å². The number of carbonyl (C=O) groups excluding carboxylic acids is 1. The topological polar surface area (TPSA) is 82.1 Å². The lowest BCUT2D eigenvalue weighted by atomic mass is 10.2. The summed E-state index contributed by atoms with van der Waals surface area (Å²) in [6.07, 6.45) is 1.07. The summed E-state index contributed by atoms with van der Waals surface area (Å²) in [5.41, 5.74) is 0.665. The highest BCUT2D eigenvalue weighted by molar-refractivity contribution is 7.89. The molecule has 31 heavy (non-hydrogen) atoms. The second-order valence-corrected chi connectivity index (χ2v) is 9.45. The van der Waals surface area contributed by atoms with Crippen LogP contribution >= 0.6 is 11.6 Å². The number of ether oxygens (including phenoxy) is 3. The molecule has 1 aliphatic heterocycles. The molecule has 0 radical (unpaired) electrons. The van der Waals surface area contributed by atoms with Crippen molar-refractivity contribution in [1.82, 2.24) is 4.31 Å². The fraction of sp³-hybridized carbons (Fsp3) is 0.381. The van der Waals surface area contributed by atoms with Gasteiger partial charge in [-0.3, -0.25) is 4.79 Å². The first kappa shape index (κ1) is 23.3. The van der Waals surface area contributed by atoms with E-state index in [1.165, 1.54) is 19.2 Å². The first-order chi connectivity index (χ1) is 14.8. The van der Waals surface area contributed by atoms with Gasteiger partial charge in [-0.15, -0.1) is 0 Å². The Hall–Kier alpha value is -2.36. The van der Waals surface area contributed by atoms with E-state index in [4.69, 9.17) is 25.8 Å². The predicted octanol–water partition coefficient (Wildman–Crippen LogP) is 3.78. The second-order valence-electron chi connectivity index (χ2n) is 7.00. The quantitative estimate of drug-likeness (QED) is 0.545. The number of fused-ring (bicyclic) bond motifs is 1. The Bertz CT molecular complexity index is 1030. The van der Waals surface area contributed by atoms with E-state index in [9.17, 15) is 17.6 Å². The van der Waals surface area contributed by atoms with Crippen LogP contribution in [0.4, 0.5) is 4.39 Å². The van der Waals surface area contributed by atoms with Crippen LogP contribution < -0.4 is 9.47 Å². The lowest BCUT2D eigenvalue weighted by Crippen LogP contribution is -2.28. The van der Waals surface area contributed by atoms with Gasteiger partial charge in [0.25, 0.3) is 0 Å². The molecule has 2 aromatic rings. The number of benzene rings is 2. The second kappa shape index (κ2) is 10.3. The summed E-state index contributed by atoms with van der Waals surface area (Å²) < 4.78 is 55.5. The normalized spacial score (nSPS) is 13.7. The summed E-state index contributed by atoms with van der Waals surface area (Å²) in [7, 11) is -2.34. The van der Waals surface area contributed by atoms with Crippen molar-refractivity contribution in [2.45, 2.75) is 30.8 Å². The van der Waals surface area contributed by atoms with Gasteiger partial charge in [-0.2, -0.15) is 0 Å². The van der Waals surface area contributed by atoms with Crippen LogP contribution in [0.2, 0.25) is 5.02 Å². The Morgan fingerprint density at radius 2 is 1.90 bits per heavy atom. The van der Waals surface area contributed by atoms with Gasteiger partial charge in [-0.25, -0.2) is 17.1 Å². The fourth-order valence-corrected chi connectivity index (χ4v) is 4.45. The van der Waals surface area contributed by atoms with Crippen LogP contribution in [0, 0.1) is 5.82 Å². The molecule has 0 bridgehead atoms. The predicted molar refractivity (Wildman–Crippen MR) is 112 cm³/mol. The maximum atomic E-state index is 13.0. The Labute approximate surface area is 185 Å². The lowest BCUT2D eigenvalue weighted by Gasteiger charge is -2.17. The highest BCUT2D eigenvalue weighted by Crippen LogP contribution is 2.38. The first-order valence-electron chi connectivity index (χ1n) is 9.73. The van der Waals surface area contributed by atoms with Crippen LogP contribution in [-0.4, -0.2) is 45.5 Å². The molecule has 1 aliphatic rings. The molecular weight excluding hydrogens is 449 g/mol. The van der Waals surface area contributed by atoms with Crippen LogP contribution in [0.5, 0.6) is 11.5 Å². The molecular formula is C21H23ClFNO6S. The molecule has 0 unspecified atom stereocenters. The molecule has 3 rings (SSSR count). The molecule has 0 fully saturated rings. The standard InChI is InChI=1S/C21H23ClFNO6S/c1-24(31(26,27)17-7-5-16(23)6-8-17)9-2-4-20(25)30-14-15-12-18(22)21-19(13-15)28-10-3-11-29-21/h5-8,12-13H,2-4,9-11,14H2,1H3. The maximum absolute atomic E-state index is 13.0. The summed E-state index contributed by atoms with van der Waals surface area (Å²) in [6, 6.07) is 7.97. The van der Waals surface area contributed by atoms with Gasteiger partial charge in [0.15, 0.2) is 11.5 Å². The number of sulfonamides is 1. The summed E-state index contributed by atoms with van der Waals surface area (Å²) in [5.74, 6) is 0.0262. The highest BCUT2D eigenvalue weighted by Gasteiger charge is 2.21. The van der Waals surface area contributed by atoms with Gasteiger partial charge >= 0.3 is 5.97 Å². The Balaban J connectivity index is 1.48. The zero-order valence-corrected chi connectivity index (χ0v) is 18.5. The van der Waals surface area contributed by atoms with Crippen molar-refractivity contribution >= 4 is 27.6 Å². The molecule has 0 saturated heterocycles. The average molecular weight is 472 g/mol. The van der Waals surface area contributed by atoms with Gasteiger partial charge in [0.05, 0.1) is 23.1 Å². The third kappa shape index (κ3) is 6.09. The van der Waals surface area contributed by atoms with Crippen molar-refractivity contribution in [1.29, 1.82) is 0 Å². The van der Waals surface area contributed by atoms with Crippen molar-refractivity contribution in [2.75, 3.05) is 26.8 Å². The van der Waals surface area contributed by atoms with Crippen LogP contribution in [-0.2, 0) is 26.2 Å². The minimum atomic E-state index is -3.75. The number of halogens is 2. The monoisotopic (exact) mass is 471 g/mol. The smallest absolute Gasteiger partial charge is 0.306 e. The summed E-state index contributed by atoms with van der Waals surface area (Å²) in [6.45, 7) is 1.16. The van der Waals surface area contributed by atoms with Crippen LogP contribution in [0.3, 0.4) is 0 Å². The SMILES string of the molecule is CN(CCCC(=O)OCc1cc(Cl)c2c(c1)OCCCO2)S(=O)(=O)c1ccc(F)cc1. The summed E-state index contributed by atoms with van der Waals surface area (Å²) >= 11 is 6.23. The Morgan fingerprint density at radius 3 is 2.65 bits per heavy atom. The van der Waals surface area contributed by atoms with Gasteiger partial charge in [0.2, 0.25) is 10.0 Å². The molecule has 1 heterocycles. The van der Waals surface area contributed by atoms with Gasteiger partial charge in [-0.05, 0) is 48.4 Å². The molecule has 0 aromatic heterocycles. The number of nitrogens with zero attached hydrogens (tertiary/aromatic N) is 1. The fourth-order valence-electron chi connectivity index (χ4n) is 2.96. The van der Waals surface area contributed by atoms with Gasteiger partial charge in [0, 0.05) is 26.4 Å². The van der Waals surface area contributed by atoms with E-state index in [-0.39, 0.29) is 30.9 Å². The number of hydrogen-bond donors (Lipinski definition) is 0. The summed E-state index contributed by atoms with van der Waals surface area (Å²) in [5, 5.41) is 0.387. The van der Waals surface area contributed by atoms with Gasteiger partial charge < -0.3 is 14.2 Å². The van der Waals surface area contributed by atoms with E-state index in [0.717, 1.165) is 22.9 Å². The molecule has 168 valence electrons. The Morgan fingerprint density at radius 1 is 1.19 bits per heavy atom. The molecule has 2 aromatic carbocycles. The van der Waals surface area contributed by atoms with E-state index in [1.807, 2.05) is 0 Å². The van der Waals surface area contributed by atoms with Crippen molar-refractivity contribution in [3.05, 3.63) is 52.8 Å². The molecule has 0 N–H and O–H groups in total. The number of rotatable bonds is 8. The third-order valence-electron chi connectivity index (χ3n) is 4.64. The number of hydrogen-bond acceptors (Lipinski definition) is 6. The van der Waals surface area contributed by atoms with Gasteiger partial charge in [0.1, 0.15) is 12.4 Å². The molecule has 0 spiro atoms. The van der Waals surface area contributed by atoms with Crippen molar-refractivity contribution in [3.63, 3.8) is 0 Å². The average Bonchev–Trinajstić information content (AvgIpc) is 2.98. The largest absolute Gasteiger partial charge is 0.489 e. The zero-order chi connectivity index (χ0) is 22.4. The molecule has 0 atom stereocenters. The third-order valence-corrected chi connectivity index (χ3v) is 6.79. The van der Waals surface area contributed by atoms with Crippen molar-refractivity contribution in [2.24, 2.45) is 0 Å². The molecule has 7 nitrogen and oxygen atoms in total. The van der Waals surface area contributed by atoms with Crippen molar-refractivity contribution in [3.8, 4) is 11.5 Å². The minimum Gasteiger partial charge on any atom is -0.489 e. The van der Waals surface area contributed by atoms with Crippen molar-refractivity contribution < 1.29 is 31.8 Å². The van der Waals surface area contributed by atoms with Gasteiger partial charge in [-0.1, -0.05) is 11.6 Å². The van der Waals surface area contributed by atoms with E-state index >= 15 is 0 Å². The van der Waals surface area contributed by atoms with E-state index in [2.05, 4.69) is 0 Å². The number of carbonyl (C=O) groups is 1. The summed E-state index contributed by atoms with van der Waals surface area (Å²) in [4.78, 5) is 12.1. The van der Waals surface area contributed by atoms with Crippen LogP contribution in [0.15, 0.2) is 41.3 Å². The first-order valence-corrected chi connectivity index (χ1v) is 11.5. The molecule has 0 aliphatic carbocycles. The molecule has 0 saturated carbocycles. The van der Waals surface area contributed by atoms with E-state index in [0.29, 0.717) is 35.3 Å². The minimum absolute atomic E-state index is 0.00902. The number of esters is 1. The lowest BCUT2D eigenvalue weighted by molar-refractivity contribution is -0.145. The Kier molecular flexibility index (Phi) is 7.74. The highest BCUT2D eigenvalue weighted by atomic mass is 35.5. The van der Waals surface area contributed by atoms with E-state index < -0.39 is 21.8 Å². The molecule has 0 amide bonds. The maximum Gasteiger partial charge on any atom is 0.306 e.